The number of ketones is 1. The Morgan fingerprint density at radius 2 is 2.15 bits per heavy atom. The van der Waals surface area contributed by atoms with Crippen LogP contribution in [0.5, 0.6) is 0 Å². The molecule has 2 rings (SSSR count). The van der Waals surface area contributed by atoms with Crippen LogP contribution < -0.4 is 4.90 Å². The van der Waals surface area contributed by atoms with Crippen molar-refractivity contribution in [3.05, 3.63) is 29.3 Å². The minimum Gasteiger partial charge on any atom is -0.312 e. The van der Waals surface area contributed by atoms with Crippen LogP contribution in [-0.2, 0) is 11.2 Å². The molecule has 1 aromatic rings. The summed E-state index contributed by atoms with van der Waals surface area (Å²) >= 11 is 5.62. The highest BCUT2D eigenvalue weighted by Gasteiger charge is 2.22. The van der Waals surface area contributed by atoms with E-state index in [1.807, 2.05) is 30.0 Å². The highest BCUT2D eigenvalue weighted by Crippen LogP contribution is 2.29. The molecule has 108 valence electrons. The quantitative estimate of drug-likeness (QED) is 0.615. The number of halogens is 1. The van der Waals surface area contributed by atoms with Gasteiger partial charge in [0.15, 0.2) is 5.78 Å². The second-order valence-electron chi connectivity index (χ2n) is 5.06. The van der Waals surface area contributed by atoms with Gasteiger partial charge in [-0.25, -0.2) is 0 Å². The predicted octanol–water partition coefficient (Wildman–Crippen LogP) is 3.58. The lowest BCUT2D eigenvalue weighted by Crippen LogP contribution is -2.35. The molecule has 0 atom stereocenters. The Morgan fingerprint density at radius 3 is 2.85 bits per heavy atom. The van der Waals surface area contributed by atoms with Crippen molar-refractivity contribution in [2.24, 2.45) is 0 Å². The van der Waals surface area contributed by atoms with E-state index in [9.17, 15) is 9.59 Å². The molecule has 0 aliphatic carbocycles. The van der Waals surface area contributed by atoms with E-state index >= 15 is 0 Å². The standard InChI is InChI=1S/C16H20ClNO2/c1-2-16(20)18-10-4-5-12-11-13(7-8-14(12)18)15(19)6-3-9-17/h7-8,11H,2-6,9-10H2,1H3. The van der Waals surface area contributed by atoms with E-state index in [1.165, 1.54) is 0 Å². The van der Waals surface area contributed by atoms with Gasteiger partial charge in [0.2, 0.25) is 5.91 Å². The predicted molar refractivity (Wildman–Crippen MR) is 81.7 cm³/mol. The lowest BCUT2D eigenvalue weighted by molar-refractivity contribution is -0.118. The van der Waals surface area contributed by atoms with Gasteiger partial charge >= 0.3 is 0 Å². The zero-order chi connectivity index (χ0) is 14.5. The van der Waals surface area contributed by atoms with E-state index in [2.05, 4.69) is 0 Å². The minimum atomic E-state index is 0.132. The fourth-order valence-corrected chi connectivity index (χ4v) is 2.73. The molecule has 0 radical (unpaired) electrons. The maximum Gasteiger partial charge on any atom is 0.226 e. The lowest BCUT2D eigenvalue weighted by Gasteiger charge is -2.29. The van der Waals surface area contributed by atoms with E-state index in [0.29, 0.717) is 25.1 Å². The summed E-state index contributed by atoms with van der Waals surface area (Å²) in [5.41, 5.74) is 2.81. The van der Waals surface area contributed by atoms with E-state index in [4.69, 9.17) is 11.6 Å². The van der Waals surface area contributed by atoms with Crippen LogP contribution in [0.4, 0.5) is 5.69 Å². The number of amides is 1. The summed E-state index contributed by atoms with van der Waals surface area (Å²) in [5, 5.41) is 0. The molecule has 1 aromatic carbocycles. The van der Waals surface area contributed by atoms with Crippen LogP contribution in [0.15, 0.2) is 18.2 Å². The van der Waals surface area contributed by atoms with E-state index in [-0.39, 0.29) is 11.7 Å². The molecule has 4 heteroatoms. The summed E-state index contributed by atoms with van der Waals surface area (Å²) in [6.07, 6.45) is 3.59. The van der Waals surface area contributed by atoms with Crippen molar-refractivity contribution in [2.75, 3.05) is 17.3 Å². The summed E-state index contributed by atoms with van der Waals surface area (Å²) in [6.45, 7) is 2.65. The molecule has 20 heavy (non-hydrogen) atoms. The Bertz CT molecular complexity index is 513. The lowest BCUT2D eigenvalue weighted by atomic mass is 9.96. The molecule has 1 amide bonds. The van der Waals surface area contributed by atoms with Gasteiger partial charge in [-0.3, -0.25) is 9.59 Å². The third-order valence-electron chi connectivity index (χ3n) is 3.66. The molecule has 0 saturated carbocycles. The van der Waals surface area contributed by atoms with Crippen molar-refractivity contribution in [1.29, 1.82) is 0 Å². The number of aryl methyl sites for hydroxylation is 1. The normalized spacial score (nSPS) is 14.0. The minimum absolute atomic E-state index is 0.132. The van der Waals surface area contributed by atoms with Crippen LogP contribution in [0.3, 0.4) is 0 Å². The van der Waals surface area contributed by atoms with E-state index < -0.39 is 0 Å². The van der Waals surface area contributed by atoms with Crippen molar-refractivity contribution in [2.45, 2.75) is 39.0 Å². The Labute approximate surface area is 124 Å². The van der Waals surface area contributed by atoms with Gasteiger partial charge in [0.1, 0.15) is 0 Å². The van der Waals surface area contributed by atoms with Gasteiger partial charge in [0.25, 0.3) is 0 Å². The Hall–Kier alpha value is -1.35. The van der Waals surface area contributed by atoms with Crippen molar-refractivity contribution in [1.82, 2.24) is 0 Å². The molecule has 1 aliphatic rings. The highest BCUT2D eigenvalue weighted by molar-refractivity contribution is 6.18. The average Bonchev–Trinajstić information content (AvgIpc) is 2.50. The number of hydrogen-bond acceptors (Lipinski definition) is 2. The van der Waals surface area contributed by atoms with Crippen LogP contribution in [0.2, 0.25) is 0 Å². The first-order valence-corrected chi connectivity index (χ1v) is 7.73. The molecule has 3 nitrogen and oxygen atoms in total. The molecule has 1 aliphatic heterocycles. The summed E-state index contributed by atoms with van der Waals surface area (Å²) in [5.74, 6) is 0.787. The van der Waals surface area contributed by atoms with Gasteiger partial charge in [0, 0.05) is 36.5 Å². The number of hydrogen-bond donors (Lipinski definition) is 0. The molecule has 0 spiro atoms. The number of fused-ring (bicyclic) bond motifs is 1. The first kappa shape index (κ1) is 15.0. The van der Waals surface area contributed by atoms with Crippen LogP contribution >= 0.6 is 11.6 Å². The number of benzene rings is 1. The maximum atomic E-state index is 12.0. The summed E-state index contributed by atoms with van der Waals surface area (Å²) in [7, 11) is 0. The third-order valence-corrected chi connectivity index (χ3v) is 3.93. The van der Waals surface area contributed by atoms with Crippen molar-refractivity contribution >= 4 is 29.0 Å². The number of Topliss-reactive ketones (excluding diaryl/α,β-unsaturated/α-hetero) is 1. The number of rotatable bonds is 5. The van der Waals surface area contributed by atoms with Gasteiger partial charge in [-0.1, -0.05) is 6.92 Å². The zero-order valence-corrected chi connectivity index (χ0v) is 12.6. The van der Waals surface area contributed by atoms with Crippen LogP contribution in [0.25, 0.3) is 0 Å². The van der Waals surface area contributed by atoms with E-state index in [0.717, 1.165) is 36.2 Å². The van der Waals surface area contributed by atoms with Crippen LogP contribution in [0, 0.1) is 0 Å². The smallest absolute Gasteiger partial charge is 0.226 e. The van der Waals surface area contributed by atoms with Crippen molar-refractivity contribution in [3.8, 4) is 0 Å². The molecule has 1 heterocycles. The molecular formula is C16H20ClNO2. The van der Waals surface area contributed by atoms with Gasteiger partial charge < -0.3 is 4.90 Å². The zero-order valence-electron chi connectivity index (χ0n) is 11.8. The SMILES string of the molecule is CCC(=O)N1CCCc2cc(C(=O)CCCCl)ccc21. The van der Waals surface area contributed by atoms with Gasteiger partial charge in [-0.05, 0) is 43.0 Å². The number of carbonyl (C=O) groups excluding carboxylic acids is 2. The molecule has 0 aromatic heterocycles. The summed E-state index contributed by atoms with van der Waals surface area (Å²) in [4.78, 5) is 25.8. The van der Waals surface area contributed by atoms with Crippen molar-refractivity contribution < 1.29 is 9.59 Å². The molecular weight excluding hydrogens is 274 g/mol. The molecule has 0 fully saturated rings. The van der Waals surface area contributed by atoms with Crippen LogP contribution in [-0.4, -0.2) is 24.1 Å². The monoisotopic (exact) mass is 293 g/mol. The Balaban J connectivity index is 2.23. The maximum absolute atomic E-state index is 12.0. The van der Waals surface area contributed by atoms with Crippen LogP contribution in [0.1, 0.15) is 48.5 Å². The number of anilines is 1. The average molecular weight is 294 g/mol. The number of nitrogens with zero attached hydrogens (tertiary/aromatic N) is 1. The van der Waals surface area contributed by atoms with Crippen molar-refractivity contribution in [3.63, 3.8) is 0 Å². The largest absolute Gasteiger partial charge is 0.312 e. The molecule has 0 unspecified atom stereocenters. The first-order chi connectivity index (χ1) is 9.67. The fourth-order valence-electron chi connectivity index (χ4n) is 2.59. The molecule has 0 N–H and O–H groups in total. The number of carbonyl (C=O) groups is 2. The summed E-state index contributed by atoms with van der Waals surface area (Å²) in [6, 6.07) is 5.69. The number of alkyl halides is 1. The van der Waals surface area contributed by atoms with Gasteiger partial charge in [-0.2, -0.15) is 0 Å². The molecule has 0 saturated heterocycles. The Morgan fingerprint density at radius 1 is 1.35 bits per heavy atom. The Kier molecular flexibility index (Phi) is 5.18. The fraction of sp³-hybridized carbons (Fsp3) is 0.500. The second-order valence-corrected chi connectivity index (χ2v) is 5.44. The van der Waals surface area contributed by atoms with E-state index in [1.54, 1.807) is 0 Å². The highest BCUT2D eigenvalue weighted by atomic mass is 35.5. The topological polar surface area (TPSA) is 37.4 Å². The first-order valence-electron chi connectivity index (χ1n) is 7.19. The second kappa shape index (κ2) is 6.89. The third kappa shape index (κ3) is 3.21. The summed E-state index contributed by atoms with van der Waals surface area (Å²) < 4.78 is 0. The van der Waals surface area contributed by atoms with Gasteiger partial charge in [-0.15, -0.1) is 11.6 Å². The van der Waals surface area contributed by atoms with Gasteiger partial charge in [0.05, 0.1) is 0 Å². The molecule has 0 bridgehead atoms.